The van der Waals surface area contributed by atoms with Crippen LogP contribution in [-0.4, -0.2) is 75.7 Å². The monoisotopic (exact) mass is 510 g/mol. The Bertz CT molecular complexity index is 783. The molecule has 2 aliphatic carbocycles. The lowest BCUT2D eigenvalue weighted by molar-refractivity contribution is -0.147. The van der Waals surface area contributed by atoms with E-state index in [1.165, 1.54) is 11.1 Å². The number of methoxy groups -OCH3 is 3. The number of benzene rings is 1. The minimum absolute atomic E-state index is 0.0465. The van der Waals surface area contributed by atoms with E-state index < -0.39 is 8.07 Å². The highest BCUT2D eigenvalue weighted by Gasteiger charge is 2.55. The third-order valence-electron chi connectivity index (χ3n) is 7.57. The fraction of sp³-hybridized carbons (Fsp3) is 0.778. The minimum Gasteiger partial charge on any atom is -0.497 e. The number of ether oxygens (including phenoxy) is 7. The van der Waals surface area contributed by atoms with Gasteiger partial charge in [-0.25, -0.2) is 0 Å². The molecule has 0 radical (unpaired) electrons. The molecule has 5 atom stereocenters. The van der Waals surface area contributed by atoms with Gasteiger partial charge in [0.05, 0.1) is 26.4 Å². The van der Waals surface area contributed by atoms with Crippen LogP contribution in [0.5, 0.6) is 5.75 Å². The number of hydrogen-bond acceptors (Lipinski definition) is 7. The molecule has 0 N–H and O–H groups in total. The molecular weight excluding hydrogens is 464 g/mol. The van der Waals surface area contributed by atoms with Crippen molar-refractivity contribution in [2.75, 3.05) is 61.5 Å². The van der Waals surface area contributed by atoms with Crippen molar-refractivity contribution in [3.05, 3.63) is 29.3 Å². The number of hydrogen-bond donors (Lipinski definition) is 0. The average Bonchev–Trinajstić information content (AvgIpc) is 3.15. The lowest BCUT2D eigenvalue weighted by atomic mass is 9.60. The van der Waals surface area contributed by atoms with Crippen molar-refractivity contribution < 1.29 is 33.2 Å². The Morgan fingerprint density at radius 2 is 1.69 bits per heavy atom. The van der Waals surface area contributed by atoms with Crippen LogP contribution in [0.4, 0.5) is 0 Å². The first-order chi connectivity index (χ1) is 16.7. The summed E-state index contributed by atoms with van der Waals surface area (Å²) < 4.78 is 40.3. The first-order valence-electron chi connectivity index (χ1n) is 12.7. The summed E-state index contributed by atoms with van der Waals surface area (Å²) in [6, 6.07) is 7.59. The summed E-state index contributed by atoms with van der Waals surface area (Å²) in [7, 11) is 3.91. The second-order valence-corrected chi connectivity index (χ2v) is 17.0. The Kier molecular flexibility index (Phi) is 10.6. The van der Waals surface area contributed by atoms with Crippen molar-refractivity contribution in [3.8, 4) is 5.75 Å². The Hall–Kier alpha value is -1.00. The molecule has 200 valence electrons. The Morgan fingerprint density at radius 1 is 0.943 bits per heavy atom. The van der Waals surface area contributed by atoms with Gasteiger partial charge in [-0.15, -0.1) is 0 Å². The van der Waals surface area contributed by atoms with Gasteiger partial charge in [-0.2, -0.15) is 0 Å². The molecule has 0 amide bonds. The molecule has 0 aliphatic heterocycles. The summed E-state index contributed by atoms with van der Waals surface area (Å²) in [6.45, 7) is 12.3. The molecular formula is C27H46O7Si. The summed E-state index contributed by atoms with van der Waals surface area (Å²) in [4.78, 5) is 0. The molecule has 35 heavy (non-hydrogen) atoms. The number of rotatable bonds is 15. The van der Waals surface area contributed by atoms with Crippen molar-refractivity contribution in [2.24, 2.45) is 11.3 Å². The van der Waals surface area contributed by atoms with E-state index in [1.807, 2.05) is 0 Å². The van der Waals surface area contributed by atoms with Crippen LogP contribution in [0.2, 0.25) is 25.7 Å². The largest absolute Gasteiger partial charge is 0.497 e. The van der Waals surface area contributed by atoms with Gasteiger partial charge in [0.1, 0.15) is 26.1 Å². The molecule has 0 saturated heterocycles. The van der Waals surface area contributed by atoms with Gasteiger partial charge in [0.25, 0.3) is 0 Å². The third kappa shape index (κ3) is 7.28. The second-order valence-electron chi connectivity index (χ2n) is 11.4. The van der Waals surface area contributed by atoms with E-state index >= 15 is 0 Å². The van der Waals surface area contributed by atoms with Gasteiger partial charge in [-0.3, -0.25) is 0 Å². The van der Waals surface area contributed by atoms with Gasteiger partial charge in [0.15, 0.2) is 0 Å². The summed E-state index contributed by atoms with van der Waals surface area (Å²) in [6.07, 6.45) is 2.05. The van der Waals surface area contributed by atoms with E-state index in [2.05, 4.69) is 44.8 Å². The normalized spacial score (nSPS) is 28.1. The molecule has 1 aromatic carbocycles. The van der Waals surface area contributed by atoms with Crippen LogP contribution in [0.15, 0.2) is 18.2 Å². The predicted octanol–water partition coefficient (Wildman–Crippen LogP) is 5.23. The Labute approximate surface area is 212 Å². The average molecular weight is 511 g/mol. The van der Waals surface area contributed by atoms with Gasteiger partial charge in [0.2, 0.25) is 0 Å². The lowest BCUT2D eigenvalue weighted by Gasteiger charge is -2.48. The standard InChI is InChI=1S/C27H46O7Si/c1-27(16-33-18-29-3)11-10-24(34-19-31-12-13-35(5,6)7)25-21-9-8-20(30-4)14-22(21)23(26(25)27)15-32-17-28-2/h8-9,14,23-26H,10-13,15-19H2,1-7H3/t23-,24-,25+,26+,27+/m1/s1. The molecule has 0 unspecified atom stereocenters. The van der Waals surface area contributed by atoms with E-state index in [4.69, 9.17) is 33.2 Å². The van der Waals surface area contributed by atoms with Gasteiger partial charge >= 0.3 is 0 Å². The Balaban J connectivity index is 1.85. The lowest BCUT2D eigenvalue weighted by Crippen LogP contribution is -2.46. The predicted molar refractivity (Wildman–Crippen MR) is 139 cm³/mol. The summed E-state index contributed by atoms with van der Waals surface area (Å²) in [5.74, 6) is 1.58. The van der Waals surface area contributed by atoms with Gasteiger partial charge in [-0.05, 0) is 53.5 Å². The summed E-state index contributed by atoms with van der Waals surface area (Å²) in [5, 5.41) is 0. The molecule has 7 nitrogen and oxygen atoms in total. The van der Waals surface area contributed by atoms with Gasteiger partial charge < -0.3 is 33.2 Å². The van der Waals surface area contributed by atoms with E-state index in [0.717, 1.165) is 31.2 Å². The van der Waals surface area contributed by atoms with Crippen LogP contribution in [0.25, 0.3) is 0 Å². The SMILES string of the molecule is COCOC[C@@H]1c2cc(OC)ccc2[C@@H]2[C@H]1[C@](C)(COCOC)CC[C@H]2OCOCC[Si](C)(C)C. The molecule has 8 heteroatoms. The van der Waals surface area contributed by atoms with Crippen molar-refractivity contribution in [2.45, 2.75) is 63.4 Å². The van der Waals surface area contributed by atoms with Crippen LogP contribution in [0, 0.1) is 11.3 Å². The molecule has 1 saturated carbocycles. The van der Waals surface area contributed by atoms with E-state index in [9.17, 15) is 0 Å². The fourth-order valence-corrected chi connectivity index (χ4v) is 6.61. The van der Waals surface area contributed by atoms with Crippen molar-refractivity contribution in [1.29, 1.82) is 0 Å². The van der Waals surface area contributed by atoms with Crippen molar-refractivity contribution in [1.82, 2.24) is 0 Å². The first-order valence-corrected chi connectivity index (χ1v) is 16.5. The van der Waals surface area contributed by atoms with Crippen molar-refractivity contribution in [3.63, 3.8) is 0 Å². The highest BCUT2D eigenvalue weighted by molar-refractivity contribution is 6.76. The highest BCUT2D eigenvalue weighted by Crippen LogP contribution is 2.61. The number of fused-ring (bicyclic) bond motifs is 3. The zero-order valence-electron chi connectivity index (χ0n) is 22.8. The van der Waals surface area contributed by atoms with Crippen LogP contribution in [0.3, 0.4) is 0 Å². The quantitative estimate of drug-likeness (QED) is 0.182. The third-order valence-corrected chi connectivity index (χ3v) is 9.28. The van der Waals surface area contributed by atoms with Crippen molar-refractivity contribution >= 4 is 8.07 Å². The van der Waals surface area contributed by atoms with Crippen LogP contribution in [-0.2, 0) is 28.4 Å². The molecule has 0 spiro atoms. The van der Waals surface area contributed by atoms with Crippen LogP contribution >= 0.6 is 0 Å². The molecule has 2 aliphatic rings. The Morgan fingerprint density at radius 3 is 2.37 bits per heavy atom. The van der Waals surface area contributed by atoms with Crippen LogP contribution in [0.1, 0.15) is 42.7 Å². The molecule has 0 bridgehead atoms. The molecule has 1 aromatic rings. The molecule has 0 heterocycles. The summed E-state index contributed by atoms with van der Waals surface area (Å²) in [5.41, 5.74) is 2.56. The molecule has 3 rings (SSSR count). The first kappa shape index (κ1) is 28.6. The zero-order valence-corrected chi connectivity index (χ0v) is 23.8. The highest BCUT2D eigenvalue weighted by atomic mass is 28.3. The second kappa shape index (κ2) is 13.0. The summed E-state index contributed by atoms with van der Waals surface area (Å²) >= 11 is 0. The smallest absolute Gasteiger partial charge is 0.147 e. The van der Waals surface area contributed by atoms with E-state index in [0.29, 0.717) is 32.7 Å². The maximum Gasteiger partial charge on any atom is 0.147 e. The minimum atomic E-state index is -1.13. The fourth-order valence-electron chi connectivity index (χ4n) is 5.85. The van der Waals surface area contributed by atoms with E-state index in [-0.39, 0.29) is 30.1 Å². The van der Waals surface area contributed by atoms with E-state index in [1.54, 1.807) is 21.3 Å². The molecule has 0 aromatic heterocycles. The maximum absolute atomic E-state index is 6.45. The van der Waals surface area contributed by atoms with Gasteiger partial charge in [-0.1, -0.05) is 32.6 Å². The van der Waals surface area contributed by atoms with Gasteiger partial charge in [0, 0.05) is 40.7 Å². The maximum atomic E-state index is 6.45. The van der Waals surface area contributed by atoms with Crippen LogP contribution < -0.4 is 4.74 Å². The topological polar surface area (TPSA) is 64.6 Å². The zero-order chi connectivity index (χ0) is 25.5. The molecule has 1 fully saturated rings.